The van der Waals surface area contributed by atoms with E-state index in [4.69, 9.17) is 11.6 Å². The zero-order valence-electron chi connectivity index (χ0n) is 17.7. The first-order chi connectivity index (χ1) is 16.0. The quantitative estimate of drug-likeness (QED) is 0.219. The topological polar surface area (TPSA) is 70.5 Å². The minimum absolute atomic E-state index is 0.0297. The molecule has 2 heterocycles. The Labute approximate surface area is 199 Å². The Morgan fingerprint density at radius 3 is 2.48 bits per heavy atom. The molecule has 0 saturated carbocycles. The van der Waals surface area contributed by atoms with Crippen molar-refractivity contribution >= 4 is 55.7 Å². The molecule has 1 aromatic heterocycles. The van der Waals surface area contributed by atoms with E-state index in [1.807, 2.05) is 42.5 Å². The number of thiazole rings is 1. The largest absolute Gasteiger partial charge is 0.507 e. The predicted molar refractivity (Wildman–Crippen MR) is 132 cm³/mol. The van der Waals surface area contributed by atoms with Crippen molar-refractivity contribution in [1.29, 1.82) is 0 Å². The summed E-state index contributed by atoms with van der Waals surface area (Å²) in [6.07, 6.45) is 0.888. The molecule has 0 radical (unpaired) electrons. The number of amides is 1. The Bertz CT molecular complexity index is 1410. The number of aliphatic hydroxyl groups excluding tert-OH is 1. The van der Waals surface area contributed by atoms with Gasteiger partial charge in [-0.3, -0.25) is 14.5 Å². The Morgan fingerprint density at radius 2 is 1.79 bits per heavy atom. The number of aromatic nitrogens is 1. The Kier molecular flexibility index (Phi) is 5.48. The van der Waals surface area contributed by atoms with Gasteiger partial charge in [-0.1, -0.05) is 66.3 Å². The molecule has 1 fully saturated rings. The summed E-state index contributed by atoms with van der Waals surface area (Å²) in [5.41, 5.74) is 3.08. The number of aryl methyl sites for hydroxylation is 1. The van der Waals surface area contributed by atoms with E-state index in [9.17, 15) is 14.7 Å². The molecular weight excluding hydrogens is 456 g/mol. The van der Waals surface area contributed by atoms with Crippen molar-refractivity contribution in [3.05, 3.63) is 100 Å². The molecule has 33 heavy (non-hydrogen) atoms. The Balaban J connectivity index is 1.71. The molecular formula is C26H19ClN2O3S. The number of benzene rings is 3. The van der Waals surface area contributed by atoms with Crippen LogP contribution in [0.1, 0.15) is 29.7 Å². The number of nitrogens with zero attached hydrogens (tertiary/aromatic N) is 2. The van der Waals surface area contributed by atoms with Crippen LogP contribution in [-0.4, -0.2) is 21.8 Å². The van der Waals surface area contributed by atoms with Crippen LogP contribution in [0.4, 0.5) is 5.13 Å². The fourth-order valence-electron chi connectivity index (χ4n) is 4.02. The number of carbonyl (C=O) groups is 2. The lowest BCUT2D eigenvalue weighted by atomic mass is 9.95. The van der Waals surface area contributed by atoms with Crippen molar-refractivity contribution in [2.75, 3.05) is 4.90 Å². The molecule has 1 unspecified atom stereocenters. The van der Waals surface area contributed by atoms with E-state index in [1.165, 1.54) is 21.8 Å². The molecule has 1 atom stereocenters. The van der Waals surface area contributed by atoms with Crippen LogP contribution in [0.25, 0.3) is 16.0 Å². The van der Waals surface area contributed by atoms with E-state index < -0.39 is 17.7 Å². The summed E-state index contributed by atoms with van der Waals surface area (Å²) < 4.78 is 0.941. The maximum absolute atomic E-state index is 13.3. The minimum atomic E-state index is -0.798. The second-order valence-electron chi connectivity index (χ2n) is 7.74. The molecule has 1 saturated heterocycles. The molecule has 5 nitrogen and oxygen atoms in total. The average molecular weight is 475 g/mol. The normalized spacial score (nSPS) is 17.8. The highest BCUT2D eigenvalue weighted by atomic mass is 35.5. The number of Topliss-reactive ketones (excluding diaryl/α,β-unsaturated/α-hetero) is 1. The first-order valence-electron chi connectivity index (χ1n) is 10.5. The molecule has 1 N–H and O–H groups in total. The zero-order valence-corrected chi connectivity index (χ0v) is 19.2. The second-order valence-corrected chi connectivity index (χ2v) is 9.18. The summed E-state index contributed by atoms with van der Waals surface area (Å²) in [6.45, 7) is 2.08. The maximum atomic E-state index is 13.3. The summed E-state index contributed by atoms with van der Waals surface area (Å²) in [5, 5.41) is 12.1. The van der Waals surface area contributed by atoms with Crippen LogP contribution < -0.4 is 4.90 Å². The molecule has 3 aromatic carbocycles. The third-order valence-corrected chi connectivity index (χ3v) is 7.00. The van der Waals surface area contributed by atoms with Gasteiger partial charge in [0, 0.05) is 10.6 Å². The lowest BCUT2D eigenvalue weighted by molar-refractivity contribution is -0.132. The molecule has 1 amide bonds. The van der Waals surface area contributed by atoms with Gasteiger partial charge in [-0.2, -0.15) is 0 Å². The summed E-state index contributed by atoms with van der Waals surface area (Å²) in [7, 11) is 0. The molecule has 1 aliphatic rings. The highest BCUT2D eigenvalue weighted by Gasteiger charge is 2.48. The SMILES string of the molecule is CCc1ccc2nc(N3C(=O)C(=O)/C(=C(/O)c4ccc(Cl)cc4)C3c3ccccc3)sc2c1. The van der Waals surface area contributed by atoms with Gasteiger partial charge >= 0.3 is 5.91 Å². The minimum Gasteiger partial charge on any atom is -0.507 e. The van der Waals surface area contributed by atoms with E-state index in [0.29, 0.717) is 21.3 Å². The lowest BCUT2D eigenvalue weighted by Gasteiger charge is -2.22. The molecule has 4 aromatic rings. The standard InChI is InChI=1S/C26H19ClN2O3S/c1-2-15-8-13-19-20(14-15)33-26(28-19)29-22(16-6-4-3-5-7-16)21(24(31)25(29)32)23(30)17-9-11-18(27)12-10-17/h3-14,22,30H,2H2,1H3/b23-21+. The van der Waals surface area contributed by atoms with E-state index in [-0.39, 0.29) is 11.3 Å². The van der Waals surface area contributed by atoms with Gasteiger partial charge < -0.3 is 5.11 Å². The monoisotopic (exact) mass is 474 g/mol. The van der Waals surface area contributed by atoms with Crippen LogP contribution in [0.3, 0.4) is 0 Å². The summed E-state index contributed by atoms with van der Waals surface area (Å²) in [4.78, 5) is 32.5. The highest BCUT2D eigenvalue weighted by Crippen LogP contribution is 2.44. The number of rotatable bonds is 4. The van der Waals surface area contributed by atoms with Gasteiger partial charge in [-0.05, 0) is 53.9 Å². The second kappa shape index (κ2) is 8.46. The number of hydrogen-bond acceptors (Lipinski definition) is 5. The molecule has 0 bridgehead atoms. The highest BCUT2D eigenvalue weighted by molar-refractivity contribution is 7.22. The van der Waals surface area contributed by atoms with Crippen molar-refractivity contribution in [1.82, 2.24) is 4.98 Å². The van der Waals surface area contributed by atoms with Gasteiger partial charge in [-0.25, -0.2) is 4.98 Å². The van der Waals surface area contributed by atoms with Gasteiger partial charge in [0.2, 0.25) is 0 Å². The van der Waals surface area contributed by atoms with Crippen molar-refractivity contribution in [3.63, 3.8) is 0 Å². The molecule has 0 aliphatic carbocycles. The van der Waals surface area contributed by atoms with Gasteiger partial charge in [-0.15, -0.1) is 0 Å². The first kappa shape index (κ1) is 21.4. The van der Waals surface area contributed by atoms with Gasteiger partial charge in [0.15, 0.2) is 5.13 Å². The summed E-state index contributed by atoms with van der Waals surface area (Å²) >= 11 is 7.34. The Morgan fingerprint density at radius 1 is 1.06 bits per heavy atom. The number of anilines is 1. The number of ketones is 1. The first-order valence-corrected chi connectivity index (χ1v) is 11.7. The number of aliphatic hydroxyl groups is 1. The Hall–Kier alpha value is -3.48. The molecule has 0 spiro atoms. The number of hydrogen-bond donors (Lipinski definition) is 1. The fraction of sp³-hybridized carbons (Fsp3) is 0.115. The van der Waals surface area contributed by atoms with Gasteiger partial charge in [0.1, 0.15) is 5.76 Å². The maximum Gasteiger partial charge on any atom is 0.301 e. The third kappa shape index (κ3) is 3.71. The van der Waals surface area contributed by atoms with Crippen LogP contribution in [0.2, 0.25) is 5.02 Å². The van der Waals surface area contributed by atoms with Gasteiger partial charge in [0.25, 0.3) is 5.78 Å². The third-order valence-electron chi connectivity index (χ3n) is 5.73. The number of fused-ring (bicyclic) bond motifs is 1. The van der Waals surface area contributed by atoms with Crippen molar-refractivity contribution < 1.29 is 14.7 Å². The van der Waals surface area contributed by atoms with E-state index in [1.54, 1.807) is 24.3 Å². The van der Waals surface area contributed by atoms with Crippen molar-refractivity contribution in [2.45, 2.75) is 19.4 Å². The molecule has 164 valence electrons. The average Bonchev–Trinajstić information content (AvgIpc) is 3.37. The number of halogens is 1. The smallest absolute Gasteiger partial charge is 0.301 e. The lowest BCUT2D eigenvalue weighted by Crippen LogP contribution is -2.29. The number of carbonyl (C=O) groups excluding carboxylic acids is 2. The van der Waals surface area contributed by atoms with Crippen LogP contribution in [0, 0.1) is 0 Å². The summed E-state index contributed by atoms with van der Waals surface area (Å²) in [6, 6.07) is 20.9. The van der Waals surface area contributed by atoms with E-state index in [2.05, 4.69) is 18.0 Å². The van der Waals surface area contributed by atoms with Crippen LogP contribution >= 0.6 is 22.9 Å². The molecule has 1 aliphatic heterocycles. The predicted octanol–water partition coefficient (Wildman–Crippen LogP) is 6.14. The van der Waals surface area contributed by atoms with E-state index in [0.717, 1.165) is 16.6 Å². The molecule has 5 rings (SSSR count). The zero-order chi connectivity index (χ0) is 23.1. The van der Waals surface area contributed by atoms with Crippen LogP contribution in [0.5, 0.6) is 0 Å². The van der Waals surface area contributed by atoms with Crippen LogP contribution in [-0.2, 0) is 16.0 Å². The summed E-state index contributed by atoms with van der Waals surface area (Å²) in [5.74, 6) is -1.70. The van der Waals surface area contributed by atoms with Gasteiger partial charge in [0.05, 0.1) is 21.8 Å². The van der Waals surface area contributed by atoms with E-state index >= 15 is 0 Å². The fourth-order valence-corrected chi connectivity index (χ4v) is 5.21. The van der Waals surface area contributed by atoms with Crippen molar-refractivity contribution in [2.24, 2.45) is 0 Å². The molecule has 7 heteroatoms. The van der Waals surface area contributed by atoms with Crippen LogP contribution in [0.15, 0.2) is 78.4 Å². The van der Waals surface area contributed by atoms with Crippen molar-refractivity contribution in [3.8, 4) is 0 Å².